The summed E-state index contributed by atoms with van der Waals surface area (Å²) in [5, 5.41) is 13.5. The lowest BCUT2D eigenvalue weighted by molar-refractivity contribution is 0.102. The summed E-state index contributed by atoms with van der Waals surface area (Å²) in [6, 6.07) is 9.95. The molecule has 0 saturated carbocycles. The van der Waals surface area contributed by atoms with Crippen molar-refractivity contribution in [2.24, 2.45) is 5.92 Å². The van der Waals surface area contributed by atoms with Crippen molar-refractivity contribution in [1.29, 1.82) is 0 Å². The van der Waals surface area contributed by atoms with Gasteiger partial charge in [-0.2, -0.15) is 0 Å². The standard InChI is InChI=1S/C20H24N6OS/c1-15-6-5-9-25(10-15)12-17-14-28-20(21-17)22-19(27)18-13-26(24-23-18)11-16-7-3-2-4-8-16/h2-4,7-8,13-15H,5-6,9-12H2,1H3,(H,21,22,27). The van der Waals surface area contributed by atoms with E-state index in [0.29, 0.717) is 11.7 Å². The minimum Gasteiger partial charge on any atom is -0.297 e. The van der Waals surface area contributed by atoms with Gasteiger partial charge < -0.3 is 0 Å². The van der Waals surface area contributed by atoms with Crippen LogP contribution in [0, 0.1) is 5.92 Å². The summed E-state index contributed by atoms with van der Waals surface area (Å²) in [4.78, 5) is 19.4. The maximum atomic E-state index is 12.5. The smallest absolute Gasteiger partial charge is 0.279 e. The molecule has 1 aromatic carbocycles. The highest BCUT2D eigenvalue weighted by Gasteiger charge is 2.18. The topological polar surface area (TPSA) is 75.9 Å². The Morgan fingerprint density at radius 3 is 2.96 bits per heavy atom. The molecule has 1 atom stereocenters. The van der Waals surface area contributed by atoms with Crippen molar-refractivity contribution < 1.29 is 4.79 Å². The highest BCUT2D eigenvalue weighted by molar-refractivity contribution is 7.13. The highest BCUT2D eigenvalue weighted by atomic mass is 32.1. The van der Waals surface area contributed by atoms with Crippen LogP contribution in [0.25, 0.3) is 0 Å². The first-order valence-corrected chi connectivity index (χ1v) is 10.5. The second-order valence-electron chi connectivity index (χ2n) is 7.37. The van der Waals surface area contributed by atoms with Gasteiger partial charge in [0, 0.05) is 18.5 Å². The van der Waals surface area contributed by atoms with Crippen molar-refractivity contribution in [3.8, 4) is 0 Å². The molecule has 1 unspecified atom stereocenters. The van der Waals surface area contributed by atoms with E-state index in [1.54, 1.807) is 10.9 Å². The van der Waals surface area contributed by atoms with E-state index < -0.39 is 0 Å². The summed E-state index contributed by atoms with van der Waals surface area (Å²) in [6.07, 6.45) is 4.21. The molecule has 2 aromatic heterocycles. The maximum Gasteiger partial charge on any atom is 0.279 e. The molecule has 1 amide bonds. The molecule has 1 aliphatic rings. The van der Waals surface area contributed by atoms with Gasteiger partial charge in [-0.05, 0) is 30.9 Å². The Morgan fingerprint density at radius 1 is 1.29 bits per heavy atom. The van der Waals surface area contributed by atoms with Crippen LogP contribution in [0.15, 0.2) is 41.9 Å². The van der Waals surface area contributed by atoms with Gasteiger partial charge in [0.15, 0.2) is 10.8 Å². The predicted octanol–water partition coefficient (Wildman–Crippen LogP) is 3.27. The Morgan fingerprint density at radius 2 is 2.14 bits per heavy atom. The Balaban J connectivity index is 1.33. The van der Waals surface area contributed by atoms with Crippen LogP contribution in [-0.2, 0) is 13.1 Å². The molecular weight excluding hydrogens is 372 g/mol. The summed E-state index contributed by atoms with van der Waals surface area (Å²) in [5.74, 6) is 0.455. The minimum absolute atomic E-state index is 0.285. The lowest BCUT2D eigenvalue weighted by atomic mass is 10.0. The second-order valence-corrected chi connectivity index (χ2v) is 8.23. The number of carbonyl (C=O) groups excluding carboxylic acids is 1. The van der Waals surface area contributed by atoms with Crippen LogP contribution in [0.5, 0.6) is 0 Å². The number of hydrogen-bond acceptors (Lipinski definition) is 6. The molecule has 28 heavy (non-hydrogen) atoms. The summed E-state index contributed by atoms with van der Waals surface area (Å²) < 4.78 is 1.66. The third-order valence-electron chi connectivity index (χ3n) is 4.86. The zero-order chi connectivity index (χ0) is 19.3. The van der Waals surface area contributed by atoms with Gasteiger partial charge in [0.1, 0.15) is 0 Å². The van der Waals surface area contributed by atoms with E-state index in [4.69, 9.17) is 0 Å². The predicted molar refractivity (Wildman–Crippen MR) is 109 cm³/mol. The molecule has 7 nitrogen and oxygen atoms in total. The second kappa shape index (κ2) is 8.62. The number of rotatable bonds is 6. The van der Waals surface area contributed by atoms with Gasteiger partial charge in [-0.15, -0.1) is 16.4 Å². The Bertz CT molecular complexity index is 922. The molecule has 0 aliphatic carbocycles. The first-order chi connectivity index (χ1) is 13.7. The molecule has 8 heteroatoms. The largest absolute Gasteiger partial charge is 0.297 e. The molecule has 3 aromatic rings. The lowest BCUT2D eigenvalue weighted by Crippen LogP contribution is -2.33. The summed E-state index contributed by atoms with van der Waals surface area (Å²) >= 11 is 1.45. The maximum absolute atomic E-state index is 12.5. The Kier molecular flexibility index (Phi) is 5.78. The third-order valence-corrected chi connectivity index (χ3v) is 5.66. The van der Waals surface area contributed by atoms with E-state index in [1.165, 1.54) is 24.2 Å². The average molecular weight is 397 g/mol. The number of anilines is 1. The number of carbonyl (C=O) groups is 1. The molecule has 0 bridgehead atoms. The van der Waals surface area contributed by atoms with Crippen LogP contribution in [0.4, 0.5) is 5.13 Å². The first kappa shape index (κ1) is 18.8. The molecule has 0 radical (unpaired) electrons. The van der Waals surface area contributed by atoms with Crippen molar-refractivity contribution in [2.75, 3.05) is 18.4 Å². The van der Waals surface area contributed by atoms with E-state index >= 15 is 0 Å². The van der Waals surface area contributed by atoms with Gasteiger partial charge in [0.25, 0.3) is 5.91 Å². The Labute approximate surface area is 168 Å². The number of piperidine rings is 1. The van der Waals surface area contributed by atoms with Crippen molar-refractivity contribution in [3.05, 3.63) is 58.9 Å². The molecule has 4 rings (SSSR count). The fraction of sp³-hybridized carbons (Fsp3) is 0.400. The van der Waals surface area contributed by atoms with Gasteiger partial charge in [-0.3, -0.25) is 15.0 Å². The number of nitrogens with one attached hydrogen (secondary N) is 1. The van der Waals surface area contributed by atoms with Crippen LogP contribution in [0.1, 0.15) is 41.5 Å². The van der Waals surface area contributed by atoms with Gasteiger partial charge in [-0.25, -0.2) is 9.67 Å². The van der Waals surface area contributed by atoms with Gasteiger partial charge in [-0.1, -0.05) is 42.5 Å². The number of likely N-dealkylation sites (tertiary alicyclic amines) is 1. The van der Waals surface area contributed by atoms with Crippen LogP contribution in [0.3, 0.4) is 0 Å². The summed E-state index contributed by atoms with van der Waals surface area (Å²) in [7, 11) is 0. The Hall–Kier alpha value is -2.58. The molecule has 1 fully saturated rings. The SMILES string of the molecule is CC1CCCN(Cc2csc(NC(=O)c3cn(Cc4ccccc4)nn3)n2)C1. The van der Waals surface area contributed by atoms with Crippen LogP contribution >= 0.6 is 11.3 Å². The fourth-order valence-corrected chi connectivity index (χ4v) is 4.20. The molecule has 1 saturated heterocycles. The van der Waals surface area contributed by atoms with Crippen molar-refractivity contribution >= 4 is 22.4 Å². The zero-order valence-corrected chi connectivity index (χ0v) is 16.7. The van der Waals surface area contributed by atoms with Gasteiger partial charge in [0.2, 0.25) is 0 Å². The molecule has 1 N–H and O–H groups in total. The molecule has 146 valence electrons. The van der Waals surface area contributed by atoms with E-state index in [2.05, 4.69) is 32.4 Å². The number of hydrogen-bond donors (Lipinski definition) is 1. The fourth-order valence-electron chi connectivity index (χ4n) is 3.51. The minimum atomic E-state index is -0.285. The van der Waals surface area contributed by atoms with E-state index in [-0.39, 0.29) is 11.6 Å². The quantitative estimate of drug-likeness (QED) is 0.692. The van der Waals surface area contributed by atoms with E-state index in [0.717, 1.165) is 36.8 Å². The molecule has 0 spiro atoms. The van der Waals surface area contributed by atoms with Crippen molar-refractivity contribution in [3.63, 3.8) is 0 Å². The summed E-state index contributed by atoms with van der Waals surface area (Å²) in [6.45, 7) is 5.95. The van der Waals surface area contributed by atoms with Crippen molar-refractivity contribution in [2.45, 2.75) is 32.9 Å². The first-order valence-electron chi connectivity index (χ1n) is 9.58. The molecular formula is C20H24N6OS. The van der Waals surface area contributed by atoms with Crippen LogP contribution < -0.4 is 5.32 Å². The average Bonchev–Trinajstić information content (AvgIpc) is 3.32. The highest BCUT2D eigenvalue weighted by Crippen LogP contribution is 2.21. The van der Waals surface area contributed by atoms with Crippen molar-refractivity contribution in [1.82, 2.24) is 24.9 Å². The van der Waals surface area contributed by atoms with Crippen LogP contribution in [-0.4, -0.2) is 43.9 Å². The molecule has 1 aliphatic heterocycles. The summed E-state index contributed by atoms with van der Waals surface area (Å²) in [5.41, 5.74) is 2.40. The molecule has 3 heterocycles. The van der Waals surface area contributed by atoms with Gasteiger partial charge in [0.05, 0.1) is 18.4 Å². The number of aromatic nitrogens is 4. The van der Waals surface area contributed by atoms with Crippen LogP contribution in [0.2, 0.25) is 0 Å². The monoisotopic (exact) mass is 396 g/mol. The lowest BCUT2D eigenvalue weighted by Gasteiger charge is -2.30. The zero-order valence-electron chi connectivity index (χ0n) is 15.9. The van der Waals surface area contributed by atoms with Gasteiger partial charge >= 0.3 is 0 Å². The normalized spacial score (nSPS) is 17.5. The third kappa shape index (κ3) is 4.82. The number of thiazole rings is 1. The number of nitrogens with zero attached hydrogens (tertiary/aromatic N) is 5. The van der Waals surface area contributed by atoms with E-state index in [1.807, 2.05) is 35.7 Å². The number of benzene rings is 1. The van der Waals surface area contributed by atoms with E-state index in [9.17, 15) is 4.79 Å². The number of amides is 1.